The van der Waals surface area contributed by atoms with Crippen molar-refractivity contribution in [2.45, 2.75) is 6.42 Å². The zero-order chi connectivity index (χ0) is 13.8. The first kappa shape index (κ1) is 13.8. The minimum Gasteiger partial charge on any atom is -0.369 e. The molecular formula is C14H15BrN2O2. The van der Waals surface area contributed by atoms with Crippen molar-refractivity contribution in [2.75, 3.05) is 13.1 Å². The fraction of sp³-hybridized carbons (Fsp3) is 0.286. The van der Waals surface area contributed by atoms with Crippen LogP contribution in [0.5, 0.6) is 0 Å². The molecule has 19 heavy (non-hydrogen) atoms. The molecule has 1 saturated heterocycles. The second-order valence-electron chi connectivity index (χ2n) is 4.53. The average Bonchev–Trinajstić information content (AvgIpc) is 2.87. The van der Waals surface area contributed by atoms with Gasteiger partial charge in [-0.15, -0.1) is 0 Å². The number of nitrogens with zero attached hydrogens (tertiary/aromatic N) is 1. The molecule has 1 aliphatic heterocycles. The van der Waals surface area contributed by atoms with E-state index in [-0.39, 0.29) is 17.7 Å². The number of halogens is 1. The Balaban J connectivity index is 1.99. The number of rotatable bonds is 3. The molecule has 4 nitrogen and oxygen atoms in total. The summed E-state index contributed by atoms with van der Waals surface area (Å²) < 4.78 is 0.940. The highest BCUT2D eigenvalue weighted by molar-refractivity contribution is 9.10. The smallest absolute Gasteiger partial charge is 0.246 e. The molecule has 5 heteroatoms. The normalized spacial score (nSPS) is 19.0. The molecule has 0 radical (unpaired) electrons. The predicted octanol–water partition coefficient (Wildman–Crippen LogP) is 1.80. The molecule has 1 aliphatic rings. The molecule has 0 spiro atoms. The van der Waals surface area contributed by atoms with Crippen molar-refractivity contribution < 1.29 is 9.59 Å². The minimum absolute atomic E-state index is 0.0838. The molecule has 1 unspecified atom stereocenters. The van der Waals surface area contributed by atoms with Crippen molar-refractivity contribution in [3.8, 4) is 0 Å². The zero-order valence-electron chi connectivity index (χ0n) is 10.4. The molecule has 2 N–H and O–H groups in total. The number of carbonyl (C=O) groups is 2. The maximum atomic E-state index is 12.0. The van der Waals surface area contributed by atoms with Crippen LogP contribution in [0.4, 0.5) is 0 Å². The summed E-state index contributed by atoms with van der Waals surface area (Å²) in [5, 5.41) is 0. The van der Waals surface area contributed by atoms with Crippen LogP contribution < -0.4 is 5.73 Å². The lowest BCUT2D eigenvalue weighted by Gasteiger charge is -2.13. The first-order valence-corrected chi connectivity index (χ1v) is 6.88. The fourth-order valence-electron chi connectivity index (χ4n) is 2.07. The topological polar surface area (TPSA) is 63.4 Å². The Hall–Kier alpha value is -1.62. The van der Waals surface area contributed by atoms with Gasteiger partial charge < -0.3 is 10.6 Å². The lowest BCUT2D eigenvalue weighted by atomic mass is 10.1. The van der Waals surface area contributed by atoms with Crippen molar-refractivity contribution in [1.82, 2.24) is 4.90 Å². The molecule has 0 aliphatic carbocycles. The Morgan fingerprint density at radius 1 is 1.37 bits per heavy atom. The summed E-state index contributed by atoms with van der Waals surface area (Å²) in [6, 6.07) is 7.67. The van der Waals surface area contributed by atoms with Crippen LogP contribution >= 0.6 is 15.9 Å². The summed E-state index contributed by atoms with van der Waals surface area (Å²) in [6.45, 7) is 1.02. The van der Waals surface area contributed by atoms with Gasteiger partial charge in [-0.2, -0.15) is 0 Å². The molecule has 1 fully saturated rings. The van der Waals surface area contributed by atoms with Crippen LogP contribution in [-0.4, -0.2) is 29.8 Å². The van der Waals surface area contributed by atoms with Crippen LogP contribution in [0.15, 0.2) is 34.8 Å². The van der Waals surface area contributed by atoms with Gasteiger partial charge in [-0.1, -0.05) is 34.1 Å². The van der Waals surface area contributed by atoms with Crippen molar-refractivity contribution in [3.63, 3.8) is 0 Å². The Kier molecular flexibility index (Phi) is 4.37. The molecule has 1 heterocycles. The molecular weight excluding hydrogens is 308 g/mol. The fourth-order valence-corrected chi connectivity index (χ4v) is 2.49. The van der Waals surface area contributed by atoms with Gasteiger partial charge >= 0.3 is 0 Å². The van der Waals surface area contributed by atoms with E-state index in [4.69, 9.17) is 5.73 Å². The lowest BCUT2D eigenvalue weighted by Crippen LogP contribution is -2.30. The number of hydrogen-bond acceptors (Lipinski definition) is 2. The number of likely N-dealkylation sites (tertiary alicyclic amines) is 1. The summed E-state index contributed by atoms with van der Waals surface area (Å²) in [6.07, 6.45) is 3.96. The Morgan fingerprint density at radius 2 is 2.11 bits per heavy atom. The minimum atomic E-state index is -0.329. The summed E-state index contributed by atoms with van der Waals surface area (Å²) in [5.41, 5.74) is 6.19. The highest BCUT2D eigenvalue weighted by Crippen LogP contribution is 2.19. The van der Waals surface area contributed by atoms with Crippen molar-refractivity contribution >= 4 is 33.8 Å². The van der Waals surface area contributed by atoms with E-state index in [9.17, 15) is 9.59 Å². The largest absolute Gasteiger partial charge is 0.369 e. The molecule has 0 saturated carbocycles. The SMILES string of the molecule is NC(=O)C1CCN(C(=O)C=Cc2ccccc2Br)C1. The van der Waals surface area contributed by atoms with Crippen LogP contribution in [0, 0.1) is 5.92 Å². The van der Waals surface area contributed by atoms with Crippen LogP contribution in [0.25, 0.3) is 6.08 Å². The van der Waals surface area contributed by atoms with Crippen LogP contribution in [0.2, 0.25) is 0 Å². The molecule has 1 atom stereocenters. The Morgan fingerprint density at radius 3 is 2.74 bits per heavy atom. The summed E-state index contributed by atoms with van der Waals surface area (Å²) >= 11 is 3.42. The number of hydrogen-bond donors (Lipinski definition) is 1. The van der Waals surface area contributed by atoms with Gasteiger partial charge in [0.05, 0.1) is 5.92 Å². The summed E-state index contributed by atoms with van der Waals surface area (Å²) in [4.78, 5) is 24.7. The quantitative estimate of drug-likeness (QED) is 0.862. The van der Waals surface area contributed by atoms with Gasteiger partial charge in [0.1, 0.15) is 0 Å². The van der Waals surface area contributed by atoms with E-state index in [1.165, 1.54) is 6.08 Å². The van der Waals surface area contributed by atoms with Crippen LogP contribution in [0.3, 0.4) is 0 Å². The number of carbonyl (C=O) groups excluding carboxylic acids is 2. The molecule has 1 aromatic carbocycles. The number of nitrogens with two attached hydrogens (primary N) is 1. The first-order chi connectivity index (χ1) is 9.08. The third kappa shape index (κ3) is 3.44. The second kappa shape index (κ2) is 6.02. The molecule has 0 bridgehead atoms. The lowest BCUT2D eigenvalue weighted by molar-refractivity contribution is -0.125. The predicted molar refractivity (Wildman–Crippen MR) is 77.1 cm³/mol. The monoisotopic (exact) mass is 322 g/mol. The molecule has 1 aromatic rings. The average molecular weight is 323 g/mol. The third-order valence-corrected chi connectivity index (χ3v) is 3.94. The van der Waals surface area contributed by atoms with Crippen molar-refractivity contribution in [1.29, 1.82) is 0 Å². The summed E-state index contributed by atoms with van der Waals surface area (Å²) in [7, 11) is 0. The molecule has 100 valence electrons. The van der Waals surface area contributed by atoms with Crippen molar-refractivity contribution in [2.24, 2.45) is 11.7 Å². The molecule has 2 rings (SSSR count). The van der Waals surface area contributed by atoms with E-state index in [0.717, 1.165) is 10.0 Å². The Labute approximate surface area is 120 Å². The van der Waals surface area contributed by atoms with Crippen molar-refractivity contribution in [3.05, 3.63) is 40.4 Å². The van der Waals surface area contributed by atoms with Gasteiger partial charge in [-0.25, -0.2) is 0 Å². The highest BCUT2D eigenvalue weighted by Gasteiger charge is 2.28. The second-order valence-corrected chi connectivity index (χ2v) is 5.38. The zero-order valence-corrected chi connectivity index (χ0v) is 12.0. The van der Waals surface area contributed by atoms with Gasteiger partial charge in [0.25, 0.3) is 0 Å². The van der Waals surface area contributed by atoms with Gasteiger partial charge in [0.15, 0.2) is 0 Å². The van der Waals surface area contributed by atoms with E-state index < -0.39 is 0 Å². The maximum Gasteiger partial charge on any atom is 0.246 e. The third-order valence-electron chi connectivity index (χ3n) is 3.21. The first-order valence-electron chi connectivity index (χ1n) is 6.09. The van der Waals surface area contributed by atoms with Gasteiger partial charge in [0, 0.05) is 23.6 Å². The number of benzene rings is 1. The molecule has 0 aromatic heterocycles. The van der Waals surface area contributed by atoms with Gasteiger partial charge in [-0.05, 0) is 24.1 Å². The molecule has 2 amide bonds. The Bertz CT molecular complexity index is 528. The maximum absolute atomic E-state index is 12.0. The van der Waals surface area contributed by atoms with Gasteiger partial charge in [-0.3, -0.25) is 9.59 Å². The van der Waals surface area contributed by atoms with E-state index in [1.54, 1.807) is 11.0 Å². The van der Waals surface area contributed by atoms with E-state index >= 15 is 0 Å². The van der Waals surface area contributed by atoms with Crippen LogP contribution in [-0.2, 0) is 9.59 Å². The van der Waals surface area contributed by atoms with Gasteiger partial charge in [0.2, 0.25) is 11.8 Å². The number of primary amides is 1. The highest BCUT2D eigenvalue weighted by atomic mass is 79.9. The van der Waals surface area contributed by atoms with E-state index in [1.807, 2.05) is 24.3 Å². The van der Waals surface area contributed by atoms with Crippen LogP contribution in [0.1, 0.15) is 12.0 Å². The summed E-state index contributed by atoms with van der Waals surface area (Å²) in [5.74, 6) is -0.620. The standard InChI is InChI=1S/C14H15BrN2O2/c15-12-4-2-1-3-10(12)5-6-13(18)17-8-7-11(9-17)14(16)19/h1-6,11H,7-9H2,(H2,16,19). The van der Waals surface area contributed by atoms with E-state index in [0.29, 0.717) is 19.5 Å². The van der Waals surface area contributed by atoms with E-state index in [2.05, 4.69) is 15.9 Å². The number of amides is 2.